The molecule has 0 amide bonds. The van der Waals surface area contributed by atoms with Gasteiger partial charge in [0.25, 0.3) is 10.0 Å². The van der Waals surface area contributed by atoms with E-state index >= 15 is 0 Å². The number of fused-ring (bicyclic) bond motifs is 1. The fourth-order valence-corrected chi connectivity index (χ4v) is 3.99. The van der Waals surface area contributed by atoms with E-state index in [9.17, 15) is 13.5 Å². The van der Waals surface area contributed by atoms with Crippen LogP contribution < -0.4 is 0 Å². The van der Waals surface area contributed by atoms with E-state index in [2.05, 4.69) is 9.50 Å². The third-order valence-corrected chi connectivity index (χ3v) is 5.36. The molecule has 3 rings (SSSR count). The molecule has 130 valence electrons. The highest BCUT2D eigenvalue weighted by molar-refractivity contribution is 7.90. The summed E-state index contributed by atoms with van der Waals surface area (Å²) in [5, 5.41) is 15.8. The van der Waals surface area contributed by atoms with Crippen molar-refractivity contribution >= 4 is 45.3 Å². The molecule has 0 spiro atoms. The molecule has 0 saturated heterocycles. The summed E-state index contributed by atoms with van der Waals surface area (Å²) in [5.74, 6) is 0.158. The van der Waals surface area contributed by atoms with Gasteiger partial charge in [0.1, 0.15) is 4.90 Å². The molecule has 0 atom stereocenters. The van der Waals surface area contributed by atoms with Gasteiger partial charge in [0.05, 0.1) is 24.4 Å². The van der Waals surface area contributed by atoms with E-state index in [0.29, 0.717) is 21.2 Å². The van der Waals surface area contributed by atoms with Gasteiger partial charge < -0.3 is 5.11 Å². The summed E-state index contributed by atoms with van der Waals surface area (Å²) in [4.78, 5) is 0.118. The zero-order valence-electron chi connectivity index (χ0n) is 12.8. The van der Waals surface area contributed by atoms with Crippen molar-refractivity contribution in [2.45, 2.75) is 4.90 Å². The largest absolute Gasteiger partial charge is 0.394 e. The lowest BCUT2D eigenvalue weighted by Gasteiger charge is -2.17. The van der Waals surface area contributed by atoms with E-state index in [-0.39, 0.29) is 23.9 Å². The van der Waals surface area contributed by atoms with Crippen LogP contribution in [0.15, 0.2) is 56.9 Å². The minimum atomic E-state index is -3.77. The van der Waals surface area contributed by atoms with Crippen molar-refractivity contribution in [2.75, 3.05) is 13.2 Å². The van der Waals surface area contributed by atoms with Crippen molar-refractivity contribution in [1.29, 1.82) is 0 Å². The molecular formula is C16H13Cl2N3O3S. The zero-order valence-corrected chi connectivity index (χ0v) is 15.1. The number of benzene rings is 2. The van der Waals surface area contributed by atoms with Gasteiger partial charge >= 0.3 is 0 Å². The lowest BCUT2D eigenvalue weighted by molar-refractivity contribution is 0.254. The Kier molecular flexibility index (Phi) is 5.10. The summed E-state index contributed by atoms with van der Waals surface area (Å²) < 4.78 is 28.1. The zero-order chi connectivity index (χ0) is 18.0. The van der Waals surface area contributed by atoms with E-state index in [4.69, 9.17) is 23.2 Å². The number of hydrazone groups is 1. The predicted molar refractivity (Wildman–Crippen MR) is 98.0 cm³/mol. The van der Waals surface area contributed by atoms with Crippen molar-refractivity contribution in [1.82, 2.24) is 5.01 Å². The second-order valence-electron chi connectivity index (χ2n) is 5.14. The first-order valence-electron chi connectivity index (χ1n) is 7.24. The molecule has 2 aromatic carbocycles. The van der Waals surface area contributed by atoms with Gasteiger partial charge in [-0.15, -0.1) is 4.40 Å². The first-order chi connectivity index (χ1) is 11.9. The van der Waals surface area contributed by atoms with Crippen LogP contribution in [0.5, 0.6) is 0 Å². The summed E-state index contributed by atoms with van der Waals surface area (Å²) in [6.45, 7) is -0.155. The number of hydrogen-bond donors (Lipinski definition) is 1. The van der Waals surface area contributed by atoms with Crippen molar-refractivity contribution in [2.24, 2.45) is 9.50 Å². The number of hydrogen-bond acceptors (Lipinski definition) is 5. The number of nitrogens with zero attached hydrogens (tertiary/aromatic N) is 3. The van der Waals surface area contributed by atoms with Gasteiger partial charge in [-0.2, -0.15) is 13.5 Å². The molecule has 25 heavy (non-hydrogen) atoms. The highest BCUT2D eigenvalue weighted by atomic mass is 35.5. The van der Waals surface area contributed by atoms with Crippen molar-refractivity contribution in [3.05, 3.63) is 63.6 Å². The lowest BCUT2D eigenvalue weighted by atomic mass is 10.2. The maximum atomic E-state index is 12.2. The van der Waals surface area contributed by atoms with E-state index in [1.54, 1.807) is 36.4 Å². The molecule has 0 aliphatic carbocycles. The van der Waals surface area contributed by atoms with Crippen LogP contribution in [-0.2, 0) is 10.0 Å². The standard InChI is InChI=1S/C16H13Cl2N3O3S/c17-12-6-5-11(14(18)9-12)10-19-21(7-8-22)16-13-3-1-2-4-15(13)25(23,24)20-16/h1-6,9-10,22H,7-8H2/b19-10-. The van der Waals surface area contributed by atoms with E-state index in [0.717, 1.165) is 0 Å². The molecule has 0 aromatic heterocycles. The number of rotatable bonds is 4. The second kappa shape index (κ2) is 7.13. The number of sulfonamides is 1. The van der Waals surface area contributed by atoms with Crippen LogP contribution in [0.4, 0.5) is 0 Å². The van der Waals surface area contributed by atoms with Crippen LogP contribution in [0.2, 0.25) is 10.0 Å². The van der Waals surface area contributed by atoms with Gasteiger partial charge in [0.2, 0.25) is 0 Å². The molecule has 0 fully saturated rings. The van der Waals surface area contributed by atoms with E-state index in [1.807, 2.05) is 0 Å². The highest BCUT2D eigenvalue weighted by Crippen LogP contribution is 2.27. The molecule has 2 aromatic rings. The summed E-state index contributed by atoms with van der Waals surface area (Å²) in [5.41, 5.74) is 1.04. The smallest absolute Gasteiger partial charge is 0.285 e. The monoisotopic (exact) mass is 397 g/mol. The van der Waals surface area contributed by atoms with Gasteiger partial charge in [0, 0.05) is 16.1 Å². The minimum Gasteiger partial charge on any atom is -0.394 e. The molecule has 6 nitrogen and oxygen atoms in total. The third-order valence-electron chi connectivity index (χ3n) is 3.47. The first kappa shape index (κ1) is 17.9. The highest BCUT2D eigenvalue weighted by Gasteiger charge is 2.31. The topological polar surface area (TPSA) is 82.3 Å². The molecule has 1 aliphatic rings. The Balaban J connectivity index is 1.99. The molecule has 1 heterocycles. The number of halogens is 2. The fourth-order valence-electron chi connectivity index (χ4n) is 2.33. The predicted octanol–water partition coefficient (Wildman–Crippen LogP) is 2.77. The summed E-state index contributed by atoms with van der Waals surface area (Å²) in [7, 11) is -3.77. The molecule has 0 radical (unpaired) electrons. The average Bonchev–Trinajstić information content (AvgIpc) is 2.85. The van der Waals surface area contributed by atoms with E-state index in [1.165, 1.54) is 17.3 Å². The van der Waals surface area contributed by atoms with Crippen molar-refractivity contribution in [3.8, 4) is 0 Å². The average molecular weight is 398 g/mol. The van der Waals surface area contributed by atoms with Crippen LogP contribution in [0, 0.1) is 0 Å². The molecule has 1 aliphatic heterocycles. The van der Waals surface area contributed by atoms with Crippen LogP contribution in [0.25, 0.3) is 0 Å². The molecule has 9 heteroatoms. The van der Waals surface area contributed by atoms with Crippen molar-refractivity contribution in [3.63, 3.8) is 0 Å². The Morgan fingerprint density at radius 3 is 2.68 bits per heavy atom. The van der Waals surface area contributed by atoms with Crippen LogP contribution >= 0.6 is 23.2 Å². The first-order valence-corrected chi connectivity index (χ1v) is 9.44. The van der Waals surface area contributed by atoms with Crippen LogP contribution in [0.3, 0.4) is 0 Å². The molecule has 0 saturated carbocycles. The molecule has 1 N–H and O–H groups in total. The van der Waals surface area contributed by atoms with Gasteiger partial charge in [-0.3, -0.25) is 0 Å². The fraction of sp³-hybridized carbons (Fsp3) is 0.125. The number of aliphatic hydroxyl groups excluding tert-OH is 1. The van der Waals surface area contributed by atoms with Gasteiger partial charge in [-0.25, -0.2) is 5.01 Å². The maximum absolute atomic E-state index is 12.2. The summed E-state index contributed by atoms with van der Waals surface area (Å²) in [6.07, 6.45) is 1.46. The van der Waals surface area contributed by atoms with Crippen molar-refractivity contribution < 1.29 is 13.5 Å². The van der Waals surface area contributed by atoms with Gasteiger partial charge in [-0.1, -0.05) is 41.4 Å². The second-order valence-corrected chi connectivity index (χ2v) is 7.56. The Hall–Kier alpha value is -1.93. The third kappa shape index (κ3) is 3.69. The van der Waals surface area contributed by atoms with Crippen LogP contribution in [0.1, 0.15) is 11.1 Å². The summed E-state index contributed by atoms with van der Waals surface area (Å²) in [6, 6.07) is 11.4. The van der Waals surface area contributed by atoms with Gasteiger partial charge in [-0.05, 0) is 24.3 Å². The Bertz CT molecular complexity index is 974. The number of aliphatic hydroxyl groups is 1. The molecule has 0 unspecified atom stereocenters. The Morgan fingerprint density at radius 1 is 1.20 bits per heavy atom. The van der Waals surface area contributed by atoms with Gasteiger partial charge in [0.15, 0.2) is 5.84 Å². The lowest BCUT2D eigenvalue weighted by Crippen LogP contribution is -2.28. The summed E-state index contributed by atoms with van der Waals surface area (Å²) >= 11 is 12.0. The number of amidine groups is 1. The Morgan fingerprint density at radius 2 is 1.96 bits per heavy atom. The van der Waals surface area contributed by atoms with E-state index < -0.39 is 10.0 Å². The Labute approximate surface area is 155 Å². The SMILES string of the molecule is O=S1(=O)N=C(N(CCO)/N=C\c2ccc(Cl)cc2Cl)c2ccccc21. The van der Waals surface area contributed by atoms with Crippen LogP contribution in [-0.4, -0.2) is 43.7 Å². The molecule has 0 bridgehead atoms. The normalized spacial score (nSPS) is 15.2. The molecular weight excluding hydrogens is 385 g/mol. The quantitative estimate of drug-likeness (QED) is 0.634. The maximum Gasteiger partial charge on any atom is 0.285 e. The minimum absolute atomic E-state index is 0.0738.